The van der Waals surface area contributed by atoms with Gasteiger partial charge < -0.3 is 14.8 Å². The molecule has 1 aromatic rings. The lowest BCUT2D eigenvalue weighted by Gasteiger charge is -2.27. The minimum atomic E-state index is 0.190. The molecule has 3 nitrogen and oxygen atoms in total. The van der Waals surface area contributed by atoms with E-state index in [9.17, 15) is 0 Å². The molecule has 1 N–H and O–H groups in total. The monoisotopic (exact) mass is 205 g/mol. The van der Waals surface area contributed by atoms with Gasteiger partial charge in [-0.05, 0) is 11.6 Å². The van der Waals surface area contributed by atoms with Gasteiger partial charge in [-0.1, -0.05) is 18.2 Å². The van der Waals surface area contributed by atoms with Crippen LogP contribution in [0, 0.1) is 0 Å². The second-order valence-electron chi connectivity index (χ2n) is 4.08. The topological polar surface area (TPSA) is 30.5 Å². The number of rotatable bonds is 1. The molecule has 80 valence electrons. The van der Waals surface area contributed by atoms with Gasteiger partial charge in [0.25, 0.3) is 0 Å². The van der Waals surface area contributed by atoms with Crippen molar-refractivity contribution in [1.82, 2.24) is 5.32 Å². The van der Waals surface area contributed by atoms with Crippen molar-refractivity contribution in [1.29, 1.82) is 0 Å². The Balaban J connectivity index is 1.72. The Kier molecular flexibility index (Phi) is 2.35. The van der Waals surface area contributed by atoms with Crippen LogP contribution < -0.4 is 10.1 Å². The van der Waals surface area contributed by atoms with Crippen LogP contribution in [0.2, 0.25) is 0 Å². The quantitative estimate of drug-likeness (QED) is 0.741. The van der Waals surface area contributed by atoms with E-state index in [4.69, 9.17) is 9.47 Å². The molecule has 1 saturated heterocycles. The zero-order chi connectivity index (χ0) is 10.1. The fourth-order valence-electron chi connectivity index (χ4n) is 2.24. The first kappa shape index (κ1) is 9.19. The fraction of sp³-hybridized carbons (Fsp3) is 0.500. The van der Waals surface area contributed by atoms with Gasteiger partial charge in [-0.2, -0.15) is 0 Å². The number of ether oxygens (including phenoxy) is 2. The standard InChI is InChI=1S/C12H15NO2/c1-2-4-10-9(3-1)7-11(15-10)12-8-13-5-6-14-12/h1-4,11-13H,5-8H2/t11-,12-/m1/s1. The van der Waals surface area contributed by atoms with Crippen LogP contribution in [0.4, 0.5) is 0 Å². The number of fused-ring (bicyclic) bond motifs is 1. The lowest BCUT2D eigenvalue weighted by molar-refractivity contribution is -0.0342. The molecule has 0 aliphatic carbocycles. The SMILES string of the molecule is c1ccc2c(c1)C[C@H]([C@H]1CNCCO1)O2. The summed E-state index contributed by atoms with van der Waals surface area (Å²) >= 11 is 0. The van der Waals surface area contributed by atoms with Crippen LogP contribution in [-0.2, 0) is 11.2 Å². The molecule has 2 heterocycles. The number of hydrogen-bond acceptors (Lipinski definition) is 3. The van der Waals surface area contributed by atoms with Gasteiger partial charge in [0.15, 0.2) is 0 Å². The first-order valence-electron chi connectivity index (χ1n) is 5.50. The van der Waals surface area contributed by atoms with E-state index in [1.165, 1.54) is 5.56 Å². The summed E-state index contributed by atoms with van der Waals surface area (Å²) in [7, 11) is 0. The Morgan fingerprint density at radius 2 is 2.13 bits per heavy atom. The highest BCUT2D eigenvalue weighted by molar-refractivity contribution is 5.37. The van der Waals surface area contributed by atoms with Gasteiger partial charge in [0.2, 0.25) is 0 Å². The highest BCUT2D eigenvalue weighted by Crippen LogP contribution is 2.30. The minimum Gasteiger partial charge on any atom is -0.487 e. The van der Waals surface area contributed by atoms with E-state index in [0.29, 0.717) is 0 Å². The molecule has 0 bridgehead atoms. The summed E-state index contributed by atoms with van der Waals surface area (Å²) in [6.45, 7) is 2.65. The Bertz CT molecular complexity index is 322. The summed E-state index contributed by atoms with van der Waals surface area (Å²) in [6.07, 6.45) is 1.36. The molecule has 3 rings (SSSR count). The molecule has 1 aromatic carbocycles. The number of nitrogens with one attached hydrogen (secondary N) is 1. The second-order valence-corrected chi connectivity index (χ2v) is 4.08. The molecule has 1 fully saturated rings. The number of morpholine rings is 1. The first-order chi connectivity index (χ1) is 7.43. The van der Waals surface area contributed by atoms with Crippen molar-refractivity contribution in [2.75, 3.05) is 19.7 Å². The molecule has 2 atom stereocenters. The minimum absolute atomic E-state index is 0.190. The summed E-state index contributed by atoms with van der Waals surface area (Å²) in [5.74, 6) is 1.02. The molecule has 0 spiro atoms. The van der Waals surface area contributed by atoms with Gasteiger partial charge in [-0.15, -0.1) is 0 Å². The van der Waals surface area contributed by atoms with E-state index in [2.05, 4.69) is 17.4 Å². The first-order valence-corrected chi connectivity index (χ1v) is 5.50. The van der Waals surface area contributed by atoms with Crippen molar-refractivity contribution in [3.8, 4) is 5.75 Å². The van der Waals surface area contributed by atoms with Gasteiger partial charge in [0.1, 0.15) is 18.0 Å². The van der Waals surface area contributed by atoms with Crippen LogP contribution in [0.25, 0.3) is 0 Å². The molecule has 3 heteroatoms. The molecular weight excluding hydrogens is 190 g/mol. The average molecular weight is 205 g/mol. The Labute approximate surface area is 89.4 Å². The zero-order valence-electron chi connectivity index (χ0n) is 8.61. The van der Waals surface area contributed by atoms with E-state index in [0.717, 1.165) is 31.9 Å². The van der Waals surface area contributed by atoms with Crippen molar-refractivity contribution in [3.63, 3.8) is 0 Å². The molecule has 0 saturated carbocycles. The van der Waals surface area contributed by atoms with Gasteiger partial charge >= 0.3 is 0 Å². The highest BCUT2D eigenvalue weighted by atomic mass is 16.5. The van der Waals surface area contributed by atoms with Crippen LogP contribution in [-0.4, -0.2) is 31.9 Å². The van der Waals surface area contributed by atoms with Crippen molar-refractivity contribution in [3.05, 3.63) is 29.8 Å². The van der Waals surface area contributed by atoms with Crippen molar-refractivity contribution >= 4 is 0 Å². The predicted molar refractivity (Wildman–Crippen MR) is 57.2 cm³/mol. The van der Waals surface area contributed by atoms with E-state index < -0.39 is 0 Å². The van der Waals surface area contributed by atoms with Crippen LogP contribution in [0.15, 0.2) is 24.3 Å². The number of hydrogen-bond donors (Lipinski definition) is 1. The normalized spacial score (nSPS) is 29.6. The number of benzene rings is 1. The molecule has 15 heavy (non-hydrogen) atoms. The van der Waals surface area contributed by atoms with Crippen molar-refractivity contribution in [2.45, 2.75) is 18.6 Å². The summed E-state index contributed by atoms with van der Waals surface area (Å²) in [5, 5.41) is 3.33. The van der Waals surface area contributed by atoms with E-state index in [1.807, 2.05) is 12.1 Å². The Hall–Kier alpha value is -1.06. The third-order valence-corrected chi connectivity index (χ3v) is 3.04. The predicted octanol–water partition coefficient (Wildman–Crippen LogP) is 0.978. The molecule has 2 aliphatic rings. The van der Waals surface area contributed by atoms with E-state index in [1.54, 1.807) is 0 Å². The Morgan fingerprint density at radius 3 is 2.93 bits per heavy atom. The molecule has 0 unspecified atom stereocenters. The van der Waals surface area contributed by atoms with Crippen LogP contribution >= 0.6 is 0 Å². The van der Waals surface area contributed by atoms with Crippen LogP contribution in [0.3, 0.4) is 0 Å². The van der Waals surface area contributed by atoms with Gasteiger partial charge in [0.05, 0.1) is 6.61 Å². The number of para-hydroxylation sites is 1. The van der Waals surface area contributed by atoms with Crippen molar-refractivity contribution in [2.24, 2.45) is 0 Å². The largest absolute Gasteiger partial charge is 0.487 e. The van der Waals surface area contributed by atoms with Gasteiger partial charge in [-0.25, -0.2) is 0 Å². The highest BCUT2D eigenvalue weighted by Gasteiger charge is 2.31. The molecular formula is C12H15NO2. The second kappa shape index (κ2) is 3.83. The van der Waals surface area contributed by atoms with Crippen LogP contribution in [0.5, 0.6) is 5.75 Å². The van der Waals surface area contributed by atoms with Crippen LogP contribution in [0.1, 0.15) is 5.56 Å². The summed E-state index contributed by atoms with van der Waals surface area (Å²) in [5.41, 5.74) is 1.30. The molecule has 0 radical (unpaired) electrons. The third-order valence-electron chi connectivity index (χ3n) is 3.04. The van der Waals surface area contributed by atoms with Gasteiger partial charge in [-0.3, -0.25) is 0 Å². The molecule has 2 aliphatic heterocycles. The summed E-state index contributed by atoms with van der Waals surface area (Å²) < 4.78 is 11.6. The third kappa shape index (κ3) is 1.73. The maximum absolute atomic E-state index is 5.88. The summed E-state index contributed by atoms with van der Waals surface area (Å²) in [4.78, 5) is 0. The fourth-order valence-corrected chi connectivity index (χ4v) is 2.24. The lowest BCUT2D eigenvalue weighted by atomic mass is 10.1. The molecule has 0 aromatic heterocycles. The molecule has 0 amide bonds. The van der Waals surface area contributed by atoms with E-state index >= 15 is 0 Å². The van der Waals surface area contributed by atoms with Gasteiger partial charge in [0, 0.05) is 19.5 Å². The maximum Gasteiger partial charge on any atom is 0.130 e. The summed E-state index contributed by atoms with van der Waals surface area (Å²) in [6, 6.07) is 8.24. The average Bonchev–Trinajstić information content (AvgIpc) is 2.74. The Morgan fingerprint density at radius 1 is 1.20 bits per heavy atom. The lowest BCUT2D eigenvalue weighted by Crippen LogP contribution is -2.46. The zero-order valence-corrected chi connectivity index (χ0v) is 8.61. The van der Waals surface area contributed by atoms with E-state index in [-0.39, 0.29) is 12.2 Å². The smallest absolute Gasteiger partial charge is 0.130 e. The maximum atomic E-state index is 5.88. The van der Waals surface area contributed by atoms with Crippen molar-refractivity contribution < 1.29 is 9.47 Å².